The lowest BCUT2D eigenvalue weighted by molar-refractivity contribution is 0.246. The maximum absolute atomic E-state index is 9.26. The van der Waals surface area contributed by atoms with Crippen molar-refractivity contribution < 1.29 is 9.47 Å². The van der Waals surface area contributed by atoms with Crippen LogP contribution in [0.2, 0.25) is 5.02 Å². The van der Waals surface area contributed by atoms with Gasteiger partial charge in [0.2, 0.25) is 0 Å². The predicted octanol–water partition coefficient (Wildman–Crippen LogP) is 8.33. The summed E-state index contributed by atoms with van der Waals surface area (Å²) in [5.41, 5.74) is 9.77. The van der Waals surface area contributed by atoms with Gasteiger partial charge in [-0.05, 0) is 79.8 Å². The molecular weight excluding hydrogens is 564 g/mol. The number of thiazole rings is 1. The van der Waals surface area contributed by atoms with Crippen LogP contribution in [0.1, 0.15) is 47.6 Å². The maximum Gasteiger partial charge on any atom is 0.142 e. The Hall–Kier alpha value is -3.96. The molecule has 8 heteroatoms. The van der Waals surface area contributed by atoms with E-state index < -0.39 is 0 Å². The quantitative estimate of drug-likeness (QED) is 0.171. The van der Waals surface area contributed by atoms with E-state index in [0.717, 1.165) is 57.7 Å². The Labute approximate surface area is 255 Å². The van der Waals surface area contributed by atoms with E-state index in [1.54, 1.807) is 29.8 Å². The van der Waals surface area contributed by atoms with Crippen molar-refractivity contribution in [2.45, 2.75) is 52.5 Å². The molecule has 0 amide bonds. The zero-order valence-electron chi connectivity index (χ0n) is 23.6. The number of fused-ring (bicyclic) bond motifs is 1. The van der Waals surface area contributed by atoms with Crippen LogP contribution in [-0.4, -0.2) is 27.5 Å². The lowest BCUT2D eigenvalue weighted by atomic mass is 9.96. The second-order valence-corrected chi connectivity index (χ2v) is 12.0. The van der Waals surface area contributed by atoms with E-state index in [2.05, 4.69) is 71.2 Å². The maximum atomic E-state index is 9.26. The molecule has 1 saturated heterocycles. The summed E-state index contributed by atoms with van der Waals surface area (Å²) in [6.45, 7) is 6.84. The third-order valence-corrected chi connectivity index (χ3v) is 9.07. The number of pyridine rings is 1. The fourth-order valence-corrected chi connectivity index (χ4v) is 6.41. The molecule has 0 spiro atoms. The van der Waals surface area contributed by atoms with Crippen LogP contribution >= 0.6 is 22.9 Å². The van der Waals surface area contributed by atoms with E-state index in [0.29, 0.717) is 29.0 Å². The Balaban J connectivity index is 1.25. The van der Waals surface area contributed by atoms with Gasteiger partial charge in [-0.3, -0.25) is 9.88 Å². The number of nitriles is 1. The summed E-state index contributed by atoms with van der Waals surface area (Å²) in [5, 5.41) is 9.82. The van der Waals surface area contributed by atoms with Crippen LogP contribution in [-0.2, 0) is 19.8 Å². The molecule has 0 unspecified atom stereocenters. The van der Waals surface area contributed by atoms with Crippen molar-refractivity contribution >= 4 is 33.2 Å². The predicted molar refractivity (Wildman–Crippen MR) is 168 cm³/mol. The van der Waals surface area contributed by atoms with Crippen LogP contribution in [0.3, 0.4) is 0 Å². The first-order chi connectivity index (χ1) is 20.5. The molecule has 1 fully saturated rings. The molecule has 0 bridgehead atoms. The van der Waals surface area contributed by atoms with E-state index in [4.69, 9.17) is 21.1 Å². The second-order valence-electron chi connectivity index (χ2n) is 10.7. The zero-order valence-corrected chi connectivity index (χ0v) is 25.2. The number of likely N-dealkylation sites (tertiary alicyclic amines) is 1. The van der Waals surface area contributed by atoms with Crippen LogP contribution in [0.4, 0.5) is 0 Å². The third kappa shape index (κ3) is 6.12. The molecule has 0 aliphatic carbocycles. The third-order valence-electron chi connectivity index (χ3n) is 7.97. The van der Waals surface area contributed by atoms with Crippen LogP contribution < -0.4 is 9.47 Å². The van der Waals surface area contributed by atoms with Gasteiger partial charge in [0.15, 0.2) is 0 Å². The van der Waals surface area contributed by atoms with Crippen LogP contribution in [0.25, 0.3) is 21.3 Å². The standard InChI is InChI=1S/C34H31ClN4O2S/c1-22-5-4-10-39(22)18-28-12-30(35)33(14-32(28)40-19-25-11-24(15-36)16-37-17-25)41-20-27-6-3-7-29(23(27)2)26-8-9-34-31(13-26)38-21-42-34/h3,6-9,11-14,16-17,21-22H,4-5,10,18-20H2,1-2H3/t22-/m0/s1. The highest BCUT2D eigenvalue weighted by Gasteiger charge is 2.23. The van der Waals surface area contributed by atoms with Gasteiger partial charge >= 0.3 is 0 Å². The van der Waals surface area contributed by atoms with Gasteiger partial charge in [0.05, 0.1) is 26.3 Å². The van der Waals surface area contributed by atoms with Crippen LogP contribution in [0, 0.1) is 18.3 Å². The molecule has 0 radical (unpaired) electrons. The summed E-state index contributed by atoms with van der Waals surface area (Å²) in [6.07, 6.45) is 5.65. The van der Waals surface area contributed by atoms with Gasteiger partial charge in [-0.1, -0.05) is 35.9 Å². The van der Waals surface area contributed by atoms with E-state index >= 15 is 0 Å². The molecule has 1 atom stereocenters. The second kappa shape index (κ2) is 12.5. The summed E-state index contributed by atoms with van der Waals surface area (Å²) in [7, 11) is 0. The minimum absolute atomic E-state index is 0.288. The topological polar surface area (TPSA) is 71.3 Å². The van der Waals surface area contributed by atoms with E-state index in [1.807, 2.05) is 17.6 Å². The molecule has 212 valence electrons. The average Bonchev–Trinajstić information content (AvgIpc) is 3.65. The van der Waals surface area contributed by atoms with Crippen molar-refractivity contribution in [1.29, 1.82) is 5.26 Å². The molecule has 2 aromatic heterocycles. The molecule has 0 N–H and O–H groups in total. The van der Waals surface area contributed by atoms with Crippen molar-refractivity contribution in [3.63, 3.8) is 0 Å². The lowest BCUT2D eigenvalue weighted by Crippen LogP contribution is -2.26. The van der Waals surface area contributed by atoms with Gasteiger partial charge in [0, 0.05) is 42.2 Å². The summed E-state index contributed by atoms with van der Waals surface area (Å²) in [6, 6.07) is 21.0. The highest BCUT2D eigenvalue weighted by atomic mass is 35.5. The Morgan fingerprint density at radius 2 is 1.93 bits per heavy atom. The van der Waals surface area contributed by atoms with Crippen LogP contribution in [0.15, 0.2) is 72.5 Å². The molecule has 6 nitrogen and oxygen atoms in total. The Morgan fingerprint density at radius 3 is 2.76 bits per heavy atom. The minimum Gasteiger partial charge on any atom is -0.488 e. The Bertz CT molecular complexity index is 1780. The first-order valence-corrected chi connectivity index (χ1v) is 15.3. The molecule has 3 heterocycles. The molecule has 0 saturated carbocycles. The summed E-state index contributed by atoms with van der Waals surface area (Å²) < 4.78 is 13.8. The number of hydrogen-bond donors (Lipinski definition) is 0. The normalized spacial score (nSPS) is 15.1. The zero-order chi connectivity index (χ0) is 29.1. The number of hydrogen-bond acceptors (Lipinski definition) is 7. The Kier molecular flexibility index (Phi) is 8.38. The number of nitrogens with zero attached hydrogens (tertiary/aromatic N) is 4. The molecule has 6 rings (SSSR count). The number of aromatic nitrogens is 2. The number of benzene rings is 3. The molecule has 5 aromatic rings. The fourth-order valence-electron chi connectivity index (χ4n) is 5.51. The van der Waals surface area contributed by atoms with E-state index in [-0.39, 0.29) is 6.61 Å². The fraction of sp³-hybridized carbons (Fsp3) is 0.265. The molecule has 42 heavy (non-hydrogen) atoms. The number of halogens is 1. The summed E-state index contributed by atoms with van der Waals surface area (Å²) in [5.74, 6) is 1.29. The molecule has 1 aliphatic rings. The first kappa shape index (κ1) is 28.2. The van der Waals surface area contributed by atoms with E-state index in [1.165, 1.54) is 17.5 Å². The van der Waals surface area contributed by atoms with Crippen molar-refractivity contribution in [2.24, 2.45) is 0 Å². The molecule has 3 aromatic carbocycles. The summed E-state index contributed by atoms with van der Waals surface area (Å²) in [4.78, 5) is 11.1. The highest BCUT2D eigenvalue weighted by Crippen LogP contribution is 2.36. The lowest BCUT2D eigenvalue weighted by Gasteiger charge is -2.23. The minimum atomic E-state index is 0.288. The summed E-state index contributed by atoms with van der Waals surface area (Å²) >= 11 is 8.45. The van der Waals surface area contributed by atoms with Gasteiger partial charge in [-0.15, -0.1) is 11.3 Å². The monoisotopic (exact) mass is 594 g/mol. The molecule has 1 aliphatic heterocycles. The highest BCUT2D eigenvalue weighted by molar-refractivity contribution is 7.16. The largest absolute Gasteiger partial charge is 0.488 e. The van der Waals surface area contributed by atoms with Crippen molar-refractivity contribution in [1.82, 2.24) is 14.9 Å². The smallest absolute Gasteiger partial charge is 0.142 e. The van der Waals surface area contributed by atoms with Gasteiger partial charge in [-0.2, -0.15) is 5.26 Å². The van der Waals surface area contributed by atoms with Gasteiger partial charge in [0.25, 0.3) is 0 Å². The van der Waals surface area contributed by atoms with Crippen molar-refractivity contribution in [3.8, 4) is 28.7 Å². The van der Waals surface area contributed by atoms with Gasteiger partial charge in [0.1, 0.15) is 30.8 Å². The van der Waals surface area contributed by atoms with Gasteiger partial charge < -0.3 is 9.47 Å². The van der Waals surface area contributed by atoms with Gasteiger partial charge in [-0.25, -0.2) is 4.98 Å². The van der Waals surface area contributed by atoms with Crippen molar-refractivity contribution in [3.05, 3.63) is 105 Å². The van der Waals surface area contributed by atoms with Crippen LogP contribution in [0.5, 0.6) is 11.5 Å². The number of rotatable bonds is 9. The number of ether oxygens (including phenoxy) is 2. The molecular formula is C34H31ClN4O2S. The average molecular weight is 595 g/mol. The first-order valence-electron chi connectivity index (χ1n) is 14.1. The SMILES string of the molecule is Cc1c(COc2cc(OCc3cncc(C#N)c3)c(CN3CCC[C@@H]3C)cc2Cl)cccc1-c1ccc2scnc2c1. The van der Waals surface area contributed by atoms with E-state index in [9.17, 15) is 5.26 Å². The van der Waals surface area contributed by atoms with Crippen molar-refractivity contribution in [2.75, 3.05) is 6.54 Å². The Morgan fingerprint density at radius 1 is 1.05 bits per heavy atom.